The Bertz CT molecular complexity index is 856. The highest BCUT2D eigenvalue weighted by atomic mass is 16.5. The van der Waals surface area contributed by atoms with E-state index in [9.17, 15) is 9.59 Å². The average Bonchev–Trinajstić information content (AvgIpc) is 2.61. The molecule has 1 aromatic heterocycles. The quantitative estimate of drug-likeness (QED) is 0.874. The number of aryl methyl sites for hydroxylation is 1. The van der Waals surface area contributed by atoms with E-state index in [1.54, 1.807) is 6.92 Å². The van der Waals surface area contributed by atoms with Crippen LogP contribution in [0.15, 0.2) is 51.7 Å². The summed E-state index contributed by atoms with van der Waals surface area (Å²) < 4.78 is 11.3. The minimum atomic E-state index is -0.356. The highest BCUT2D eigenvalue weighted by Gasteiger charge is 2.41. The van der Waals surface area contributed by atoms with Crippen molar-refractivity contribution in [2.24, 2.45) is 0 Å². The maximum absolute atomic E-state index is 12.4. The summed E-state index contributed by atoms with van der Waals surface area (Å²) in [5.41, 5.74) is 0.791. The van der Waals surface area contributed by atoms with Gasteiger partial charge in [-0.15, -0.1) is 0 Å². The minimum absolute atomic E-state index is 0.0519. The first-order valence-electron chi connectivity index (χ1n) is 9.39. The lowest BCUT2D eigenvalue weighted by Gasteiger charge is -2.45. The number of hydrogen-bond donors (Lipinski definition) is 1. The fourth-order valence-electron chi connectivity index (χ4n) is 4.09. The van der Waals surface area contributed by atoms with Gasteiger partial charge < -0.3 is 14.5 Å². The number of nitrogens with one attached hydrogen (secondary N) is 1. The van der Waals surface area contributed by atoms with E-state index in [0.717, 1.165) is 19.3 Å². The molecule has 1 aliphatic heterocycles. The Hall–Kier alpha value is -2.40. The number of rotatable bonds is 5. The van der Waals surface area contributed by atoms with Crippen LogP contribution in [-0.4, -0.2) is 24.7 Å². The monoisotopic (exact) mass is 369 g/mol. The van der Waals surface area contributed by atoms with E-state index in [1.807, 2.05) is 6.07 Å². The molecule has 1 aliphatic rings. The largest absolute Gasteiger partial charge is 0.456 e. The van der Waals surface area contributed by atoms with Crippen LogP contribution in [-0.2, 0) is 10.2 Å². The Morgan fingerprint density at radius 1 is 1.19 bits per heavy atom. The van der Waals surface area contributed by atoms with Crippen LogP contribution < -0.4 is 10.7 Å². The predicted molar refractivity (Wildman–Crippen MR) is 104 cm³/mol. The van der Waals surface area contributed by atoms with E-state index in [-0.39, 0.29) is 28.1 Å². The highest BCUT2D eigenvalue weighted by molar-refractivity contribution is 5.91. The molecule has 0 bridgehead atoms. The SMILES string of the molecule is Cc1cc(=O)cc(C(=O)NCC[C@]2(c3ccccc3)CCOC(C)(C)C2)o1. The van der Waals surface area contributed by atoms with Gasteiger partial charge in [-0.1, -0.05) is 30.3 Å². The Morgan fingerprint density at radius 2 is 1.93 bits per heavy atom. The van der Waals surface area contributed by atoms with Crippen molar-refractivity contribution in [2.75, 3.05) is 13.2 Å². The third-order valence-corrected chi connectivity index (χ3v) is 5.23. The summed E-state index contributed by atoms with van der Waals surface area (Å²) in [6, 6.07) is 13.0. The Balaban J connectivity index is 1.74. The lowest BCUT2D eigenvalue weighted by atomic mass is 9.67. The van der Waals surface area contributed by atoms with Gasteiger partial charge in [-0.05, 0) is 45.6 Å². The normalized spacial score (nSPS) is 21.6. The maximum atomic E-state index is 12.4. The first-order valence-corrected chi connectivity index (χ1v) is 9.39. The van der Waals surface area contributed by atoms with Gasteiger partial charge in [0.15, 0.2) is 11.2 Å². The lowest BCUT2D eigenvalue weighted by Crippen LogP contribution is -2.45. The van der Waals surface area contributed by atoms with Crippen LogP contribution in [0.25, 0.3) is 0 Å². The molecule has 2 heterocycles. The zero-order valence-electron chi connectivity index (χ0n) is 16.2. The van der Waals surface area contributed by atoms with Gasteiger partial charge in [0.1, 0.15) is 5.76 Å². The van der Waals surface area contributed by atoms with Crippen LogP contribution in [0.1, 0.15) is 55.0 Å². The number of carbonyl (C=O) groups is 1. The second kappa shape index (κ2) is 7.69. The number of carbonyl (C=O) groups excluding carboxylic acids is 1. The molecule has 1 saturated heterocycles. The van der Waals surface area contributed by atoms with Gasteiger partial charge in [0.05, 0.1) is 5.60 Å². The lowest BCUT2D eigenvalue weighted by molar-refractivity contribution is -0.0838. The molecular weight excluding hydrogens is 342 g/mol. The number of amides is 1. The second-order valence-electron chi connectivity index (χ2n) is 7.96. The molecule has 3 rings (SSSR count). The van der Waals surface area contributed by atoms with Gasteiger partial charge in [0.25, 0.3) is 5.91 Å². The molecule has 27 heavy (non-hydrogen) atoms. The van der Waals surface area contributed by atoms with E-state index >= 15 is 0 Å². The van der Waals surface area contributed by atoms with Crippen molar-refractivity contribution in [2.45, 2.75) is 51.0 Å². The van der Waals surface area contributed by atoms with E-state index < -0.39 is 0 Å². The van der Waals surface area contributed by atoms with Crippen molar-refractivity contribution >= 4 is 5.91 Å². The molecule has 0 saturated carbocycles. The molecule has 1 fully saturated rings. The third-order valence-electron chi connectivity index (χ3n) is 5.23. The van der Waals surface area contributed by atoms with Crippen molar-refractivity contribution in [3.8, 4) is 0 Å². The average molecular weight is 369 g/mol. The molecule has 0 spiro atoms. The molecule has 0 unspecified atom stereocenters. The van der Waals surface area contributed by atoms with Crippen molar-refractivity contribution < 1.29 is 13.9 Å². The van der Waals surface area contributed by atoms with Crippen molar-refractivity contribution in [3.05, 3.63) is 69.8 Å². The first kappa shape index (κ1) is 19.4. The van der Waals surface area contributed by atoms with Gasteiger partial charge in [0.2, 0.25) is 0 Å². The van der Waals surface area contributed by atoms with Crippen LogP contribution in [0.4, 0.5) is 0 Å². The van der Waals surface area contributed by atoms with Gasteiger partial charge in [0, 0.05) is 30.7 Å². The number of benzene rings is 1. The topological polar surface area (TPSA) is 68.5 Å². The second-order valence-corrected chi connectivity index (χ2v) is 7.96. The molecule has 5 heteroatoms. The zero-order valence-corrected chi connectivity index (χ0v) is 16.2. The smallest absolute Gasteiger partial charge is 0.287 e. The van der Waals surface area contributed by atoms with Crippen LogP contribution in [0.5, 0.6) is 0 Å². The van der Waals surface area contributed by atoms with E-state index in [0.29, 0.717) is 18.9 Å². The Labute approximate surface area is 159 Å². The van der Waals surface area contributed by atoms with Crippen LogP contribution >= 0.6 is 0 Å². The van der Waals surface area contributed by atoms with Crippen molar-refractivity contribution in [1.82, 2.24) is 5.32 Å². The van der Waals surface area contributed by atoms with Gasteiger partial charge in [-0.2, -0.15) is 0 Å². The maximum Gasteiger partial charge on any atom is 0.287 e. The van der Waals surface area contributed by atoms with Crippen LogP contribution in [0, 0.1) is 6.92 Å². The molecule has 1 atom stereocenters. The van der Waals surface area contributed by atoms with Gasteiger partial charge in [-0.25, -0.2) is 0 Å². The molecule has 0 aliphatic carbocycles. The summed E-state index contributed by atoms with van der Waals surface area (Å²) in [6.07, 6.45) is 2.60. The molecular formula is C22H27NO4. The highest BCUT2D eigenvalue weighted by Crippen LogP contribution is 2.43. The molecule has 0 radical (unpaired) electrons. The molecule has 1 aromatic carbocycles. The number of ether oxygens (including phenoxy) is 1. The van der Waals surface area contributed by atoms with Crippen molar-refractivity contribution in [3.63, 3.8) is 0 Å². The third kappa shape index (κ3) is 4.66. The predicted octanol–water partition coefficient (Wildman–Crippen LogP) is 3.60. The zero-order chi connectivity index (χ0) is 19.5. The summed E-state index contributed by atoms with van der Waals surface area (Å²) in [5.74, 6) is 0.131. The summed E-state index contributed by atoms with van der Waals surface area (Å²) in [5, 5.41) is 2.91. The number of hydrogen-bond acceptors (Lipinski definition) is 4. The standard InChI is InChI=1S/C22H27NO4/c1-16-13-18(24)14-19(27-16)20(25)23-11-9-22(17-7-5-4-6-8-17)10-12-26-21(2,3)15-22/h4-8,13-14H,9-12,15H2,1-3H3,(H,23,25)/t22-/m0/s1. The summed E-state index contributed by atoms with van der Waals surface area (Å²) in [4.78, 5) is 24.0. The molecule has 1 N–H and O–H groups in total. The molecule has 2 aromatic rings. The van der Waals surface area contributed by atoms with E-state index in [2.05, 4.69) is 43.4 Å². The van der Waals surface area contributed by atoms with E-state index in [4.69, 9.17) is 9.15 Å². The fourth-order valence-corrected chi connectivity index (χ4v) is 4.09. The van der Waals surface area contributed by atoms with Crippen LogP contribution in [0.3, 0.4) is 0 Å². The molecule has 1 amide bonds. The Kier molecular flexibility index (Phi) is 5.51. The van der Waals surface area contributed by atoms with Crippen molar-refractivity contribution in [1.29, 1.82) is 0 Å². The first-order chi connectivity index (χ1) is 12.8. The summed E-state index contributed by atoms with van der Waals surface area (Å²) in [7, 11) is 0. The summed E-state index contributed by atoms with van der Waals surface area (Å²) >= 11 is 0. The fraction of sp³-hybridized carbons (Fsp3) is 0.455. The minimum Gasteiger partial charge on any atom is -0.456 e. The van der Waals surface area contributed by atoms with Crippen LogP contribution in [0.2, 0.25) is 0 Å². The van der Waals surface area contributed by atoms with Gasteiger partial charge in [-0.3, -0.25) is 9.59 Å². The molecule has 144 valence electrons. The van der Waals surface area contributed by atoms with E-state index in [1.165, 1.54) is 17.7 Å². The van der Waals surface area contributed by atoms with Gasteiger partial charge >= 0.3 is 0 Å². The summed E-state index contributed by atoms with van der Waals surface area (Å²) in [6.45, 7) is 7.09. The molecule has 5 nitrogen and oxygen atoms in total. The Morgan fingerprint density at radius 3 is 2.59 bits per heavy atom.